The number of carbonyl (C=O) groups is 1. The monoisotopic (exact) mass is 234 g/mol. The highest BCUT2D eigenvalue weighted by molar-refractivity contribution is 5.82. The Balaban J connectivity index is 2.48. The van der Waals surface area contributed by atoms with E-state index < -0.39 is 5.60 Å². The van der Waals surface area contributed by atoms with Gasteiger partial charge in [-0.05, 0) is 39.5 Å². The van der Waals surface area contributed by atoms with Gasteiger partial charge in [0.1, 0.15) is 5.60 Å². The molecule has 0 saturated heterocycles. The first-order valence-electron chi connectivity index (χ1n) is 6.18. The summed E-state index contributed by atoms with van der Waals surface area (Å²) in [6.45, 7) is 7.77. The normalized spacial score (nSPS) is 20.5. The average molecular weight is 234 g/mol. The van der Waals surface area contributed by atoms with Crippen molar-refractivity contribution in [1.29, 1.82) is 0 Å². The van der Waals surface area contributed by atoms with Crippen LogP contribution in [0.1, 0.15) is 40.5 Å². The molecular formula is C15H22O2. The second-order valence-corrected chi connectivity index (χ2v) is 5.32. The van der Waals surface area contributed by atoms with Crippen molar-refractivity contribution in [2.45, 2.75) is 46.1 Å². The Morgan fingerprint density at radius 3 is 2.82 bits per heavy atom. The van der Waals surface area contributed by atoms with Crippen molar-refractivity contribution in [1.82, 2.24) is 0 Å². The molecule has 1 aliphatic rings. The lowest BCUT2D eigenvalue weighted by Crippen LogP contribution is -2.22. The van der Waals surface area contributed by atoms with Gasteiger partial charge in [0.15, 0.2) is 0 Å². The van der Waals surface area contributed by atoms with Crippen LogP contribution < -0.4 is 0 Å². The van der Waals surface area contributed by atoms with E-state index in [2.05, 4.69) is 25.2 Å². The Labute approximate surface area is 104 Å². The molecule has 0 N–H and O–H groups in total. The van der Waals surface area contributed by atoms with Crippen LogP contribution >= 0.6 is 0 Å². The van der Waals surface area contributed by atoms with Crippen LogP contribution in [0.4, 0.5) is 0 Å². The summed E-state index contributed by atoms with van der Waals surface area (Å²) in [5, 5.41) is 0. The summed E-state index contributed by atoms with van der Waals surface area (Å²) < 4.78 is 5.22. The molecule has 0 spiro atoms. The Kier molecular flexibility index (Phi) is 4.73. The number of allylic oxidation sites excluding steroid dienone is 5. The third-order valence-corrected chi connectivity index (χ3v) is 2.53. The molecule has 1 atom stereocenters. The number of hydrogen-bond acceptors (Lipinski definition) is 2. The number of ether oxygens (including phenoxy) is 1. The lowest BCUT2D eigenvalue weighted by atomic mass is 9.92. The van der Waals surface area contributed by atoms with Crippen molar-refractivity contribution in [2.75, 3.05) is 0 Å². The number of carbonyl (C=O) groups excluding carboxylic acids is 1. The predicted octanol–water partition coefficient (Wildman–Crippen LogP) is 3.80. The molecule has 0 saturated carbocycles. The van der Waals surface area contributed by atoms with E-state index in [1.807, 2.05) is 26.8 Å². The van der Waals surface area contributed by atoms with Crippen LogP contribution in [0.25, 0.3) is 0 Å². The van der Waals surface area contributed by atoms with E-state index in [1.54, 1.807) is 6.08 Å². The predicted molar refractivity (Wildman–Crippen MR) is 70.6 cm³/mol. The summed E-state index contributed by atoms with van der Waals surface area (Å²) in [5.41, 5.74) is 1.00. The summed E-state index contributed by atoms with van der Waals surface area (Å²) >= 11 is 0. The summed E-state index contributed by atoms with van der Waals surface area (Å²) in [6.07, 6.45) is 11.9. The van der Waals surface area contributed by atoms with Gasteiger partial charge in [0.2, 0.25) is 0 Å². The van der Waals surface area contributed by atoms with Crippen LogP contribution in [0.5, 0.6) is 0 Å². The molecule has 0 amide bonds. The first kappa shape index (κ1) is 13.8. The number of rotatable bonds is 3. The molecule has 2 nitrogen and oxygen atoms in total. The molecule has 0 heterocycles. The molecule has 1 aliphatic carbocycles. The molecule has 0 aromatic carbocycles. The van der Waals surface area contributed by atoms with E-state index in [4.69, 9.17) is 4.74 Å². The summed E-state index contributed by atoms with van der Waals surface area (Å²) in [7, 11) is 0. The smallest absolute Gasteiger partial charge is 0.330 e. The maximum absolute atomic E-state index is 11.5. The fourth-order valence-electron chi connectivity index (χ4n) is 1.71. The van der Waals surface area contributed by atoms with Gasteiger partial charge in [-0.2, -0.15) is 0 Å². The SMILES string of the molecule is CCC1=CC=CC(C=CC(=O)OC(C)(C)C)C1. The molecular weight excluding hydrogens is 212 g/mol. The zero-order valence-corrected chi connectivity index (χ0v) is 11.2. The van der Waals surface area contributed by atoms with Crippen LogP contribution in [0, 0.1) is 5.92 Å². The van der Waals surface area contributed by atoms with Crippen LogP contribution in [-0.2, 0) is 9.53 Å². The summed E-state index contributed by atoms with van der Waals surface area (Å²) in [4.78, 5) is 11.5. The van der Waals surface area contributed by atoms with Gasteiger partial charge in [-0.1, -0.05) is 36.8 Å². The standard InChI is InChI=1S/C15H22O2/c1-5-12-7-6-8-13(11-12)9-10-14(16)17-15(2,3)4/h6-10,13H,5,11H2,1-4H3. The fourth-order valence-corrected chi connectivity index (χ4v) is 1.71. The van der Waals surface area contributed by atoms with Gasteiger partial charge in [0.05, 0.1) is 0 Å². The minimum absolute atomic E-state index is 0.265. The molecule has 0 aromatic heterocycles. The van der Waals surface area contributed by atoms with Gasteiger partial charge in [-0.15, -0.1) is 0 Å². The van der Waals surface area contributed by atoms with E-state index in [0.717, 1.165) is 12.8 Å². The largest absolute Gasteiger partial charge is 0.457 e. The zero-order valence-electron chi connectivity index (χ0n) is 11.2. The maximum Gasteiger partial charge on any atom is 0.330 e. The molecule has 0 bridgehead atoms. The van der Waals surface area contributed by atoms with Crippen LogP contribution in [0.3, 0.4) is 0 Å². The Morgan fingerprint density at radius 1 is 1.53 bits per heavy atom. The molecule has 0 fully saturated rings. The third-order valence-electron chi connectivity index (χ3n) is 2.53. The van der Waals surface area contributed by atoms with E-state index >= 15 is 0 Å². The summed E-state index contributed by atoms with van der Waals surface area (Å²) in [6, 6.07) is 0. The third kappa shape index (κ3) is 5.53. The summed E-state index contributed by atoms with van der Waals surface area (Å²) in [5.74, 6) is 0.0565. The first-order valence-corrected chi connectivity index (χ1v) is 6.18. The molecule has 0 aromatic rings. The topological polar surface area (TPSA) is 26.3 Å². The highest BCUT2D eigenvalue weighted by Crippen LogP contribution is 2.21. The average Bonchev–Trinajstić information content (AvgIpc) is 2.24. The van der Waals surface area contributed by atoms with E-state index in [1.165, 1.54) is 5.57 Å². The first-order chi connectivity index (χ1) is 7.90. The molecule has 0 aliphatic heterocycles. The highest BCUT2D eigenvalue weighted by Gasteiger charge is 2.14. The molecule has 1 unspecified atom stereocenters. The van der Waals surface area contributed by atoms with Gasteiger partial charge >= 0.3 is 5.97 Å². The van der Waals surface area contributed by atoms with Crippen LogP contribution in [-0.4, -0.2) is 11.6 Å². The molecule has 1 rings (SSSR count). The van der Waals surface area contributed by atoms with Crippen molar-refractivity contribution in [2.24, 2.45) is 5.92 Å². The highest BCUT2D eigenvalue weighted by atomic mass is 16.6. The minimum Gasteiger partial charge on any atom is -0.457 e. The zero-order chi connectivity index (χ0) is 12.9. The van der Waals surface area contributed by atoms with Crippen molar-refractivity contribution in [3.05, 3.63) is 36.0 Å². The molecule has 0 radical (unpaired) electrons. The van der Waals surface area contributed by atoms with Gasteiger partial charge in [-0.25, -0.2) is 4.79 Å². The van der Waals surface area contributed by atoms with Crippen molar-refractivity contribution >= 4 is 5.97 Å². The van der Waals surface area contributed by atoms with Crippen molar-refractivity contribution in [3.8, 4) is 0 Å². The van der Waals surface area contributed by atoms with E-state index in [0.29, 0.717) is 5.92 Å². The molecule has 17 heavy (non-hydrogen) atoms. The number of hydrogen-bond donors (Lipinski definition) is 0. The van der Waals surface area contributed by atoms with Crippen molar-refractivity contribution in [3.63, 3.8) is 0 Å². The van der Waals surface area contributed by atoms with Gasteiger partial charge in [0, 0.05) is 6.08 Å². The quantitative estimate of drug-likeness (QED) is 0.548. The molecule has 94 valence electrons. The Bertz CT molecular complexity index is 354. The molecule has 2 heteroatoms. The van der Waals surface area contributed by atoms with Crippen LogP contribution in [0.15, 0.2) is 36.0 Å². The van der Waals surface area contributed by atoms with Gasteiger partial charge in [-0.3, -0.25) is 0 Å². The minimum atomic E-state index is -0.418. The number of esters is 1. The lowest BCUT2D eigenvalue weighted by molar-refractivity contribution is -0.148. The Morgan fingerprint density at radius 2 is 2.24 bits per heavy atom. The maximum atomic E-state index is 11.5. The van der Waals surface area contributed by atoms with E-state index in [9.17, 15) is 4.79 Å². The second-order valence-electron chi connectivity index (χ2n) is 5.32. The van der Waals surface area contributed by atoms with Gasteiger partial charge < -0.3 is 4.74 Å². The van der Waals surface area contributed by atoms with Crippen LogP contribution in [0.2, 0.25) is 0 Å². The van der Waals surface area contributed by atoms with Gasteiger partial charge in [0.25, 0.3) is 0 Å². The fraction of sp³-hybridized carbons (Fsp3) is 0.533. The van der Waals surface area contributed by atoms with Crippen molar-refractivity contribution < 1.29 is 9.53 Å². The Hall–Kier alpha value is -1.31. The van der Waals surface area contributed by atoms with E-state index in [-0.39, 0.29) is 5.97 Å². The second kappa shape index (κ2) is 5.85. The lowest BCUT2D eigenvalue weighted by Gasteiger charge is -2.18.